The summed E-state index contributed by atoms with van der Waals surface area (Å²) in [4.78, 5) is 41.1. The van der Waals surface area contributed by atoms with Crippen LogP contribution in [0.4, 0.5) is 10.1 Å². The van der Waals surface area contributed by atoms with E-state index in [0.717, 1.165) is 10.4 Å². The molecule has 9 heteroatoms. The van der Waals surface area contributed by atoms with Crippen LogP contribution in [0.5, 0.6) is 0 Å². The number of non-ortho nitro benzene ring substituents is 1. The Morgan fingerprint density at radius 3 is 2.36 bits per heavy atom. The van der Waals surface area contributed by atoms with E-state index >= 15 is 0 Å². The molecule has 1 aromatic heterocycles. The first-order valence-corrected chi connectivity index (χ1v) is 12.4. The van der Waals surface area contributed by atoms with Crippen LogP contribution in [-0.2, 0) is 22.7 Å². The van der Waals surface area contributed by atoms with Crippen molar-refractivity contribution in [2.45, 2.75) is 39.4 Å². The SMILES string of the molecule is CCC(C)N(CC(=O)N(Cc1ccc(F)cc1)Cc1cccs1)C(=O)C=Cc1ccc([N+](=O)[O-])cc1. The second kappa shape index (κ2) is 12.7. The summed E-state index contributed by atoms with van der Waals surface area (Å²) >= 11 is 1.54. The fourth-order valence-corrected chi connectivity index (χ4v) is 4.24. The molecule has 0 spiro atoms. The van der Waals surface area contributed by atoms with Crippen LogP contribution in [0, 0.1) is 15.9 Å². The highest BCUT2D eigenvalue weighted by atomic mass is 32.1. The van der Waals surface area contributed by atoms with Crippen LogP contribution < -0.4 is 0 Å². The first-order valence-electron chi connectivity index (χ1n) is 11.5. The van der Waals surface area contributed by atoms with Gasteiger partial charge in [0.1, 0.15) is 12.4 Å². The molecule has 0 fully saturated rings. The van der Waals surface area contributed by atoms with Gasteiger partial charge in [-0.2, -0.15) is 0 Å². The first-order chi connectivity index (χ1) is 17.3. The van der Waals surface area contributed by atoms with E-state index < -0.39 is 4.92 Å². The van der Waals surface area contributed by atoms with Crippen molar-refractivity contribution in [2.75, 3.05) is 6.54 Å². The average molecular weight is 510 g/mol. The van der Waals surface area contributed by atoms with Crippen LogP contribution in [0.1, 0.15) is 36.3 Å². The Labute approximate surface area is 213 Å². The van der Waals surface area contributed by atoms with Crippen LogP contribution >= 0.6 is 11.3 Å². The zero-order valence-electron chi connectivity index (χ0n) is 20.2. The van der Waals surface area contributed by atoms with E-state index in [2.05, 4.69) is 0 Å². The maximum Gasteiger partial charge on any atom is 0.269 e. The van der Waals surface area contributed by atoms with Gasteiger partial charge in [0.2, 0.25) is 11.8 Å². The summed E-state index contributed by atoms with van der Waals surface area (Å²) in [7, 11) is 0. The maximum absolute atomic E-state index is 13.4. The predicted octanol–water partition coefficient (Wildman–Crippen LogP) is 5.66. The molecule has 3 aromatic rings. The fraction of sp³-hybridized carbons (Fsp3) is 0.259. The second-order valence-corrected chi connectivity index (χ2v) is 9.39. The Hall–Kier alpha value is -3.85. The summed E-state index contributed by atoms with van der Waals surface area (Å²) in [5, 5.41) is 12.8. The van der Waals surface area contributed by atoms with Crippen molar-refractivity contribution in [1.29, 1.82) is 0 Å². The molecule has 0 saturated carbocycles. The summed E-state index contributed by atoms with van der Waals surface area (Å²) in [6.07, 6.45) is 3.62. The molecule has 36 heavy (non-hydrogen) atoms. The molecule has 2 aromatic carbocycles. The number of hydrogen-bond donors (Lipinski definition) is 0. The minimum Gasteiger partial charge on any atom is -0.332 e. The molecule has 188 valence electrons. The number of benzene rings is 2. The van der Waals surface area contributed by atoms with Gasteiger partial charge in [0.15, 0.2) is 0 Å². The van der Waals surface area contributed by atoms with Crippen molar-refractivity contribution in [3.63, 3.8) is 0 Å². The van der Waals surface area contributed by atoms with Crippen LogP contribution in [0.15, 0.2) is 72.1 Å². The lowest BCUT2D eigenvalue weighted by Gasteiger charge is -2.30. The molecule has 1 atom stereocenters. The normalized spacial score (nSPS) is 11.9. The number of nitro groups is 1. The highest BCUT2D eigenvalue weighted by Gasteiger charge is 2.24. The Kier molecular flexibility index (Phi) is 9.46. The monoisotopic (exact) mass is 509 g/mol. The van der Waals surface area contributed by atoms with Gasteiger partial charge in [-0.3, -0.25) is 19.7 Å². The molecule has 2 amide bonds. The zero-order chi connectivity index (χ0) is 26.1. The highest BCUT2D eigenvalue weighted by molar-refractivity contribution is 7.09. The first kappa shape index (κ1) is 26.7. The fourth-order valence-electron chi connectivity index (χ4n) is 3.52. The van der Waals surface area contributed by atoms with Gasteiger partial charge in [-0.1, -0.05) is 25.1 Å². The van der Waals surface area contributed by atoms with Crippen LogP contribution in [0.25, 0.3) is 6.08 Å². The Balaban J connectivity index is 1.76. The lowest BCUT2D eigenvalue weighted by molar-refractivity contribution is -0.384. The molecule has 3 rings (SSSR count). The molecule has 0 aliphatic carbocycles. The topological polar surface area (TPSA) is 83.8 Å². The molecular formula is C27H28FN3O4S. The maximum atomic E-state index is 13.4. The number of amides is 2. The summed E-state index contributed by atoms with van der Waals surface area (Å²) in [5.74, 6) is -0.887. The van der Waals surface area contributed by atoms with Gasteiger partial charge in [0.05, 0.1) is 11.5 Å². The lowest BCUT2D eigenvalue weighted by Crippen LogP contribution is -2.45. The largest absolute Gasteiger partial charge is 0.332 e. The van der Waals surface area contributed by atoms with Crippen molar-refractivity contribution in [1.82, 2.24) is 9.80 Å². The molecule has 1 heterocycles. The third-order valence-corrected chi connectivity index (χ3v) is 6.66. The number of thiophene rings is 1. The number of halogens is 1. The molecule has 0 saturated heterocycles. The van der Waals surface area contributed by atoms with Gasteiger partial charge in [0, 0.05) is 35.7 Å². The number of carbonyl (C=O) groups is 2. The highest BCUT2D eigenvalue weighted by Crippen LogP contribution is 2.17. The zero-order valence-corrected chi connectivity index (χ0v) is 21.0. The van der Waals surface area contributed by atoms with E-state index in [-0.39, 0.29) is 42.5 Å². The Morgan fingerprint density at radius 2 is 1.78 bits per heavy atom. The van der Waals surface area contributed by atoms with Crippen LogP contribution in [-0.4, -0.2) is 39.1 Å². The molecule has 1 unspecified atom stereocenters. The van der Waals surface area contributed by atoms with Crippen molar-refractivity contribution in [3.8, 4) is 0 Å². The van der Waals surface area contributed by atoms with Gasteiger partial charge < -0.3 is 9.80 Å². The van der Waals surface area contributed by atoms with Gasteiger partial charge in [-0.15, -0.1) is 11.3 Å². The minimum atomic E-state index is -0.483. The quantitative estimate of drug-likeness (QED) is 0.190. The molecular weight excluding hydrogens is 481 g/mol. The number of hydrogen-bond acceptors (Lipinski definition) is 5. The Morgan fingerprint density at radius 1 is 1.08 bits per heavy atom. The third kappa shape index (κ3) is 7.58. The molecule has 0 bridgehead atoms. The second-order valence-electron chi connectivity index (χ2n) is 8.36. The van der Waals surface area contributed by atoms with Gasteiger partial charge in [-0.25, -0.2) is 4.39 Å². The van der Waals surface area contributed by atoms with Gasteiger partial charge in [0.25, 0.3) is 5.69 Å². The molecule has 0 aliphatic heterocycles. The molecule has 0 aliphatic rings. The van der Waals surface area contributed by atoms with Crippen LogP contribution in [0.3, 0.4) is 0 Å². The van der Waals surface area contributed by atoms with Gasteiger partial charge >= 0.3 is 0 Å². The summed E-state index contributed by atoms with van der Waals surface area (Å²) in [6.45, 7) is 4.39. The molecule has 0 radical (unpaired) electrons. The van der Waals surface area contributed by atoms with Gasteiger partial charge in [-0.05, 0) is 66.3 Å². The summed E-state index contributed by atoms with van der Waals surface area (Å²) in [5.41, 5.74) is 1.40. The standard InChI is InChI=1S/C27H28FN3O4S/c1-3-20(2)30(26(32)15-10-21-8-13-24(14-9-21)31(34)35)19-27(33)29(18-25-5-4-16-36-25)17-22-6-11-23(28)12-7-22/h4-16,20H,3,17-19H2,1-2H3. The lowest BCUT2D eigenvalue weighted by atomic mass is 10.1. The van der Waals surface area contributed by atoms with Crippen molar-refractivity contribution >= 4 is 34.9 Å². The van der Waals surface area contributed by atoms with E-state index in [9.17, 15) is 24.1 Å². The smallest absolute Gasteiger partial charge is 0.269 e. The van der Waals surface area contributed by atoms with E-state index in [1.54, 1.807) is 35.2 Å². The van der Waals surface area contributed by atoms with E-state index in [0.29, 0.717) is 18.5 Å². The van der Waals surface area contributed by atoms with E-state index in [1.165, 1.54) is 46.6 Å². The van der Waals surface area contributed by atoms with Crippen molar-refractivity contribution < 1.29 is 18.9 Å². The Bertz CT molecular complexity index is 1190. The van der Waals surface area contributed by atoms with E-state index in [1.807, 2.05) is 31.4 Å². The number of nitrogens with zero attached hydrogens (tertiary/aromatic N) is 3. The third-order valence-electron chi connectivity index (χ3n) is 5.80. The predicted molar refractivity (Wildman–Crippen MR) is 139 cm³/mol. The van der Waals surface area contributed by atoms with E-state index in [4.69, 9.17) is 0 Å². The number of carbonyl (C=O) groups excluding carboxylic acids is 2. The summed E-state index contributed by atoms with van der Waals surface area (Å²) in [6, 6.07) is 15.6. The minimum absolute atomic E-state index is 0.0303. The molecule has 0 N–H and O–H groups in total. The summed E-state index contributed by atoms with van der Waals surface area (Å²) < 4.78 is 13.4. The number of rotatable bonds is 11. The molecule has 7 nitrogen and oxygen atoms in total. The number of nitro benzene ring substituents is 1. The average Bonchev–Trinajstić information content (AvgIpc) is 3.39. The van der Waals surface area contributed by atoms with Crippen molar-refractivity contribution in [2.24, 2.45) is 0 Å². The van der Waals surface area contributed by atoms with Crippen molar-refractivity contribution in [3.05, 3.63) is 104 Å². The van der Waals surface area contributed by atoms with Crippen LogP contribution in [0.2, 0.25) is 0 Å².